The smallest absolute Gasteiger partial charge is 0.414 e. The third-order valence-electron chi connectivity index (χ3n) is 9.18. The number of esters is 1. The number of H-pyrrole nitrogens is 1. The predicted molar refractivity (Wildman–Crippen MR) is 190 cm³/mol. The molecule has 0 unspecified atom stereocenters. The number of piperidine rings is 3. The minimum atomic E-state index is -3.08. The van der Waals surface area contributed by atoms with Gasteiger partial charge in [-0.1, -0.05) is 47.5 Å². The van der Waals surface area contributed by atoms with Crippen LogP contribution in [0.1, 0.15) is 52.9 Å². The van der Waals surface area contributed by atoms with Crippen LogP contribution in [0.25, 0.3) is 0 Å². The van der Waals surface area contributed by atoms with Gasteiger partial charge in [0.05, 0.1) is 24.4 Å². The Morgan fingerprint density at radius 1 is 0.981 bits per heavy atom. The number of carbonyl (C=O) groups is 2. The maximum Gasteiger partial charge on any atom is 0.414 e. The van der Waals surface area contributed by atoms with Gasteiger partial charge in [-0.3, -0.25) is 9.80 Å². The monoisotopic (exact) mass is 775 g/mol. The average Bonchev–Trinajstić information content (AvgIpc) is 3.13. The van der Waals surface area contributed by atoms with Gasteiger partial charge in [-0.15, -0.1) is 0 Å². The third kappa shape index (κ3) is 9.91. The SMILES string of the molecule is CCOc1cc([C@H](Cc2c(Cl)c[nH+]cc2Cl)OC(=O)c2cccc(CN(C(=O)O[C@H]3CN4CCC3CC4)c3cccc(F)c3)c2)ccc1OC(F)F.[OH-]. The number of aromatic nitrogens is 1. The van der Waals surface area contributed by atoms with Gasteiger partial charge in [0.15, 0.2) is 23.9 Å². The molecule has 0 saturated carbocycles. The topological polar surface area (TPSA) is 122 Å². The van der Waals surface area contributed by atoms with Crippen molar-refractivity contribution in [1.82, 2.24) is 4.90 Å². The third-order valence-corrected chi connectivity index (χ3v) is 9.86. The molecule has 0 spiro atoms. The number of carbonyl (C=O) groups excluding carboxylic acids is 2. The van der Waals surface area contributed by atoms with Crippen molar-refractivity contribution in [3.8, 4) is 11.5 Å². The second-order valence-corrected chi connectivity index (χ2v) is 13.4. The lowest BCUT2D eigenvalue weighted by molar-refractivity contribution is -0.377. The van der Waals surface area contributed by atoms with Gasteiger partial charge in [0.1, 0.15) is 28.1 Å². The summed E-state index contributed by atoms with van der Waals surface area (Å²) in [6.45, 7) is 1.36. The van der Waals surface area contributed by atoms with E-state index < -0.39 is 30.6 Å². The van der Waals surface area contributed by atoms with Crippen LogP contribution in [-0.4, -0.2) is 61.4 Å². The number of nitrogens with one attached hydrogen (secondary N) is 1. The molecule has 0 aliphatic carbocycles. The molecule has 1 amide bonds. The van der Waals surface area contributed by atoms with Gasteiger partial charge in [-0.2, -0.15) is 8.78 Å². The van der Waals surface area contributed by atoms with E-state index in [-0.39, 0.29) is 54.1 Å². The van der Waals surface area contributed by atoms with Crippen LogP contribution >= 0.6 is 23.2 Å². The first-order valence-electron chi connectivity index (χ1n) is 16.9. The number of hydrogen-bond donors (Lipinski definition) is 0. The maximum absolute atomic E-state index is 14.4. The highest BCUT2D eigenvalue weighted by molar-refractivity contribution is 6.35. The number of hydrogen-bond acceptors (Lipinski definition) is 8. The van der Waals surface area contributed by atoms with Crippen LogP contribution in [-0.2, 0) is 22.4 Å². The molecule has 53 heavy (non-hydrogen) atoms. The highest BCUT2D eigenvalue weighted by Crippen LogP contribution is 2.37. The van der Waals surface area contributed by atoms with Crippen LogP contribution in [0.15, 0.2) is 79.1 Å². The highest BCUT2D eigenvalue weighted by atomic mass is 35.5. The van der Waals surface area contributed by atoms with E-state index in [0.717, 1.165) is 25.9 Å². The van der Waals surface area contributed by atoms with Crippen LogP contribution in [0.5, 0.6) is 11.5 Å². The van der Waals surface area contributed by atoms with Crippen molar-refractivity contribution < 1.29 is 52.2 Å². The maximum atomic E-state index is 14.4. The van der Waals surface area contributed by atoms with Crippen molar-refractivity contribution in [3.63, 3.8) is 0 Å². The Labute approximate surface area is 314 Å². The van der Waals surface area contributed by atoms with E-state index in [1.54, 1.807) is 37.3 Å². The molecule has 2 atom stereocenters. The first kappa shape index (κ1) is 39.6. The Bertz CT molecular complexity index is 1880. The predicted octanol–water partition coefficient (Wildman–Crippen LogP) is 8.15. The Morgan fingerprint density at radius 2 is 1.72 bits per heavy atom. The van der Waals surface area contributed by atoms with Crippen LogP contribution in [0.3, 0.4) is 0 Å². The number of alkyl halides is 2. The summed E-state index contributed by atoms with van der Waals surface area (Å²) in [4.78, 5) is 34.0. The normalized spacial score (nSPS) is 18.1. The largest absolute Gasteiger partial charge is 0.870 e. The van der Waals surface area contributed by atoms with Gasteiger partial charge in [0.2, 0.25) is 0 Å². The summed E-state index contributed by atoms with van der Waals surface area (Å²) < 4.78 is 62.9. The quantitative estimate of drug-likeness (QED) is 0.125. The minimum Gasteiger partial charge on any atom is -0.870 e. The molecule has 0 radical (unpaired) electrons. The van der Waals surface area contributed by atoms with Gasteiger partial charge < -0.3 is 24.4 Å². The molecule has 3 aromatic carbocycles. The molecule has 3 aliphatic heterocycles. The van der Waals surface area contributed by atoms with E-state index in [9.17, 15) is 22.8 Å². The molecule has 3 saturated heterocycles. The van der Waals surface area contributed by atoms with Crippen LogP contribution in [0.4, 0.5) is 23.7 Å². The number of benzene rings is 3. The first-order valence-corrected chi connectivity index (χ1v) is 17.6. The van der Waals surface area contributed by atoms with Crippen molar-refractivity contribution in [2.45, 2.75) is 51.6 Å². The van der Waals surface area contributed by atoms with E-state index in [2.05, 4.69) is 14.6 Å². The van der Waals surface area contributed by atoms with Gasteiger partial charge >= 0.3 is 18.7 Å². The zero-order valence-electron chi connectivity index (χ0n) is 28.7. The van der Waals surface area contributed by atoms with Gasteiger partial charge in [0, 0.05) is 18.5 Å². The minimum absolute atomic E-state index is 0. The summed E-state index contributed by atoms with van der Waals surface area (Å²) in [5.41, 5.74) is 1.90. The number of rotatable bonds is 13. The number of halogens is 5. The molecule has 15 heteroatoms. The summed E-state index contributed by atoms with van der Waals surface area (Å²) >= 11 is 12.9. The molecule has 4 aromatic rings. The van der Waals surface area contributed by atoms with Gasteiger partial charge in [0.25, 0.3) is 0 Å². The molecule has 7 rings (SSSR count). The van der Waals surface area contributed by atoms with E-state index in [4.69, 9.17) is 37.4 Å². The summed E-state index contributed by atoms with van der Waals surface area (Å²) in [6.07, 6.45) is 3.09. The lowest BCUT2D eigenvalue weighted by atomic mass is 9.86. The second kappa shape index (κ2) is 18.0. The van der Waals surface area contributed by atoms with E-state index in [1.807, 2.05) is 0 Å². The first-order chi connectivity index (χ1) is 25.1. The standard InChI is InChI=1S/C38H36Cl2F3N3O6.H2O/c1-2-49-34-16-25(9-10-32(34)51-37(42)43)33(18-29-30(39)19-44-20-31(29)40)50-36(47)26-6-3-5-23(15-26)21-46(28-8-4-7-27(41)17-28)38(48)52-35-22-45-13-11-24(35)12-14-45;/h3-10,15-17,19-20,24,33,35,37H,2,11-14,18,21-22H2,1H3;1H2/t33-,35-;/m0./s1. The molecular formula is C38H38Cl2F3N3O7. The molecule has 3 fully saturated rings. The number of pyridine rings is 1. The Hall–Kier alpha value is -4.56. The number of amides is 1. The van der Waals surface area contributed by atoms with Crippen LogP contribution in [0.2, 0.25) is 10.0 Å². The average molecular weight is 777 g/mol. The Balaban J connectivity index is 0.00000541. The summed E-state index contributed by atoms with van der Waals surface area (Å²) in [5.74, 6) is -1.12. The Morgan fingerprint density at radius 3 is 2.38 bits per heavy atom. The van der Waals surface area contributed by atoms with Crippen molar-refractivity contribution >= 4 is 41.0 Å². The lowest BCUT2D eigenvalue weighted by Crippen LogP contribution is -2.53. The molecular weight excluding hydrogens is 738 g/mol. The second-order valence-electron chi connectivity index (χ2n) is 12.6. The van der Waals surface area contributed by atoms with Crippen molar-refractivity contribution in [3.05, 3.63) is 117 Å². The van der Waals surface area contributed by atoms with Crippen LogP contribution < -0.4 is 19.4 Å². The summed E-state index contributed by atoms with van der Waals surface area (Å²) in [7, 11) is 0. The van der Waals surface area contributed by atoms with E-state index in [1.165, 1.54) is 53.7 Å². The molecule has 2 bridgehead atoms. The fourth-order valence-corrected chi connectivity index (χ4v) is 7.12. The van der Waals surface area contributed by atoms with Crippen molar-refractivity contribution in [2.24, 2.45) is 5.92 Å². The molecule has 3 aliphatic rings. The zero-order valence-corrected chi connectivity index (χ0v) is 30.2. The van der Waals surface area contributed by atoms with E-state index in [0.29, 0.717) is 39.0 Å². The zero-order chi connectivity index (χ0) is 36.8. The number of anilines is 1. The summed E-state index contributed by atoms with van der Waals surface area (Å²) in [6, 6.07) is 16.5. The fourth-order valence-electron chi connectivity index (χ4n) is 6.59. The van der Waals surface area contributed by atoms with Gasteiger partial charge in [-0.05, 0) is 92.4 Å². The highest BCUT2D eigenvalue weighted by Gasteiger charge is 2.37. The molecule has 2 N–H and O–H groups in total. The molecule has 1 aromatic heterocycles. The molecule has 4 heterocycles. The lowest BCUT2D eigenvalue weighted by Gasteiger charge is -2.44. The number of nitrogens with zero attached hydrogens (tertiary/aromatic N) is 2. The van der Waals surface area contributed by atoms with Crippen molar-refractivity contribution in [2.75, 3.05) is 31.1 Å². The van der Waals surface area contributed by atoms with E-state index >= 15 is 0 Å². The number of ether oxygens (including phenoxy) is 4. The fraction of sp³-hybridized carbons (Fsp3) is 0.342. The number of aromatic amines is 1. The van der Waals surface area contributed by atoms with Gasteiger partial charge in [-0.25, -0.2) is 19.0 Å². The Kier molecular flexibility index (Phi) is 13.4. The van der Waals surface area contributed by atoms with Crippen molar-refractivity contribution in [1.29, 1.82) is 0 Å². The van der Waals surface area contributed by atoms with Crippen LogP contribution in [0, 0.1) is 11.7 Å². The molecule has 10 nitrogen and oxygen atoms in total. The molecule has 282 valence electrons. The number of fused-ring (bicyclic) bond motifs is 3. The summed E-state index contributed by atoms with van der Waals surface area (Å²) in [5, 5.41) is 0.585.